The number of rotatable bonds is 6. The van der Waals surface area contributed by atoms with Crippen LogP contribution < -0.4 is 22.2 Å². The molecule has 4 rings (SSSR count). The van der Waals surface area contributed by atoms with Crippen molar-refractivity contribution < 1.29 is 14.6 Å². The average Bonchev–Trinajstić information content (AvgIpc) is 2.82. The van der Waals surface area contributed by atoms with E-state index in [-0.39, 0.29) is 40.1 Å². The van der Waals surface area contributed by atoms with E-state index in [0.29, 0.717) is 14.8 Å². The third-order valence-electron chi connectivity index (χ3n) is 5.66. The number of nitrogen functional groups attached to an aromatic ring is 1. The molecule has 0 aliphatic heterocycles. The summed E-state index contributed by atoms with van der Waals surface area (Å²) in [5, 5.41) is 26.8. The summed E-state index contributed by atoms with van der Waals surface area (Å²) in [5.41, 5.74) is 6.85. The molecule has 0 fully saturated rings. The fourth-order valence-corrected chi connectivity index (χ4v) is 4.36. The molecule has 0 bridgehead atoms. The van der Waals surface area contributed by atoms with Crippen LogP contribution in [0, 0.1) is 16.3 Å². The van der Waals surface area contributed by atoms with Gasteiger partial charge in [-0.25, -0.2) is 9.07 Å². The molecule has 0 aliphatic rings. The van der Waals surface area contributed by atoms with Crippen LogP contribution >= 0.6 is 22.6 Å². The number of fused-ring (bicyclic) bond motifs is 1. The van der Waals surface area contributed by atoms with Crippen molar-refractivity contribution in [3.63, 3.8) is 0 Å². The highest BCUT2D eigenvalue weighted by atomic mass is 127. The van der Waals surface area contributed by atoms with Gasteiger partial charge in [-0.3, -0.25) is 9.59 Å². The number of nitrogens with two attached hydrogens (primary N) is 1. The van der Waals surface area contributed by atoms with E-state index >= 15 is 0 Å². The third-order valence-corrected chi connectivity index (χ3v) is 6.33. The lowest BCUT2D eigenvalue weighted by atomic mass is 10.0. The van der Waals surface area contributed by atoms with Crippen molar-refractivity contribution in [2.45, 2.75) is 19.6 Å². The van der Waals surface area contributed by atoms with Crippen LogP contribution in [0.2, 0.25) is 0 Å². The van der Waals surface area contributed by atoms with Crippen LogP contribution in [-0.2, 0) is 13.6 Å². The van der Waals surface area contributed by atoms with Crippen LogP contribution in [-0.4, -0.2) is 37.3 Å². The highest BCUT2D eigenvalue weighted by Gasteiger charge is 2.23. The molecule has 0 saturated heterocycles. The van der Waals surface area contributed by atoms with Gasteiger partial charge in [-0.2, -0.15) is 5.10 Å². The Bertz CT molecular complexity index is 1570. The topological polar surface area (TPSA) is 135 Å². The molecular weight excluding hydrogens is 568 g/mol. The van der Waals surface area contributed by atoms with Gasteiger partial charge in [-0.1, -0.05) is 12.1 Å². The number of aliphatic hydroxyl groups excluding tert-OH is 2. The summed E-state index contributed by atoms with van der Waals surface area (Å²) in [5.74, 6) is -0.550. The van der Waals surface area contributed by atoms with Crippen molar-refractivity contribution in [2.24, 2.45) is 7.05 Å². The molecule has 5 N–H and O–H groups in total. The number of nitrogens with one attached hydrogen (secondary N) is 1. The number of benzene rings is 2. The van der Waals surface area contributed by atoms with Crippen LogP contribution in [0.5, 0.6) is 0 Å². The Balaban J connectivity index is 2.13. The Labute approximate surface area is 212 Å². The van der Waals surface area contributed by atoms with Gasteiger partial charge in [0.15, 0.2) is 0 Å². The average molecular weight is 591 g/mol. The molecule has 0 saturated carbocycles. The molecule has 2 heterocycles. The molecule has 0 radical (unpaired) electrons. The Kier molecular flexibility index (Phi) is 6.92. The molecule has 9 nitrogen and oxygen atoms in total. The number of aryl methyl sites for hydroxylation is 1. The van der Waals surface area contributed by atoms with Gasteiger partial charge in [0.05, 0.1) is 41.5 Å². The normalized spacial score (nSPS) is 12.2. The van der Waals surface area contributed by atoms with Gasteiger partial charge in [-0.05, 0) is 59.8 Å². The van der Waals surface area contributed by atoms with E-state index in [1.165, 1.54) is 23.7 Å². The summed E-state index contributed by atoms with van der Waals surface area (Å²) in [6.45, 7) is 0.673. The van der Waals surface area contributed by atoms with Crippen molar-refractivity contribution >= 4 is 50.6 Å². The largest absolute Gasteiger partial charge is 0.399 e. The molecule has 0 unspecified atom stereocenters. The quantitative estimate of drug-likeness (QED) is 0.200. The predicted molar refractivity (Wildman–Crippen MR) is 141 cm³/mol. The van der Waals surface area contributed by atoms with Gasteiger partial charge >= 0.3 is 0 Å². The zero-order valence-electron chi connectivity index (χ0n) is 18.9. The van der Waals surface area contributed by atoms with Gasteiger partial charge in [0.25, 0.3) is 11.1 Å². The van der Waals surface area contributed by atoms with Crippen molar-refractivity contribution in [1.29, 1.82) is 0 Å². The number of aromatic nitrogens is 3. The first-order valence-electron chi connectivity index (χ1n) is 10.6. The first kappa shape index (κ1) is 24.8. The number of anilines is 3. The second-order valence-corrected chi connectivity index (χ2v) is 9.38. The van der Waals surface area contributed by atoms with E-state index in [9.17, 15) is 24.2 Å². The third kappa shape index (κ3) is 4.66. The van der Waals surface area contributed by atoms with Gasteiger partial charge in [-0.15, -0.1) is 0 Å². The van der Waals surface area contributed by atoms with Crippen LogP contribution in [0.25, 0.3) is 22.2 Å². The second kappa shape index (κ2) is 9.76. The molecule has 182 valence electrons. The van der Waals surface area contributed by atoms with E-state index in [4.69, 9.17) is 5.73 Å². The molecule has 0 aliphatic carbocycles. The standard InChI is InChI=1S/C24H23FIN5O4/c1-12-20(28-18-7-6-14(26)9-17(18)25)19-22(30(2)23(12)34)21(13-4-3-5-15(27)8-13)29-31(24(19)35)10-16(33)11-32/h3-9,16,28,32-33H,10-11,27H2,1-2H3/t16-/m1/s1. The van der Waals surface area contributed by atoms with Crippen molar-refractivity contribution in [2.75, 3.05) is 17.7 Å². The zero-order valence-corrected chi connectivity index (χ0v) is 21.1. The number of aliphatic hydroxyl groups is 2. The van der Waals surface area contributed by atoms with Crippen LogP contribution in [0.1, 0.15) is 5.56 Å². The Morgan fingerprint density at radius 2 is 1.94 bits per heavy atom. The summed E-state index contributed by atoms with van der Waals surface area (Å²) in [6.07, 6.45) is -1.25. The number of nitrogens with zero attached hydrogens (tertiary/aromatic N) is 3. The molecule has 1 atom stereocenters. The van der Waals surface area contributed by atoms with E-state index in [0.717, 1.165) is 4.68 Å². The van der Waals surface area contributed by atoms with Gasteiger partial charge in [0, 0.05) is 27.4 Å². The molecule has 35 heavy (non-hydrogen) atoms. The van der Waals surface area contributed by atoms with E-state index in [1.54, 1.807) is 37.3 Å². The summed E-state index contributed by atoms with van der Waals surface area (Å²) >= 11 is 1.98. The van der Waals surface area contributed by atoms with Gasteiger partial charge < -0.3 is 25.8 Å². The van der Waals surface area contributed by atoms with Gasteiger partial charge in [0.1, 0.15) is 11.5 Å². The smallest absolute Gasteiger partial charge is 0.278 e. The Morgan fingerprint density at radius 1 is 1.20 bits per heavy atom. The number of halogens is 2. The van der Waals surface area contributed by atoms with Crippen molar-refractivity contribution in [1.82, 2.24) is 14.3 Å². The fraction of sp³-hybridized carbons (Fsp3) is 0.208. The minimum absolute atomic E-state index is 0.0834. The SMILES string of the molecule is Cc1c(Nc2ccc(I)cc2F)c2c(=O)n(C[C@@H](O)CO)nc(-c3cccc(N)c3)c2n(C)c1=O. The number of hydrogen-bond acceptors (Lipinski definition) is 7. The molecule has 0 amide bonds. The number of pyridine rings is 1. The minimum Gasteiger partial charge on any atom is -0.399 e. The lowest BCUT2D eigenvalue weighted by Gasteiger charge is -2.20. The molecule has 2 aromatic heterocycles. The molecular formula is C24H23FIN5O4. The molecule has 11 heteroatoms. The lowest BCUT2D eigenvalue weighted by Crippen LogP contribution is -2.33. The maximum atomic E-state index is 14.7. The van der Waals surface area contributed by atoms with Crippen LogP contribution in [0.4, 0.5) is 21.5 Å². The maximum absolute atomic E-state index is 14.7. The summed E-state index contributed by atoms with van der Waals surface area (Å²) < 4.78 is 17.7. The first-order valence-corrected chi connectivity index (χ1v) is 11.7. The maximum Gasteiger partial charge on any atom is 0.278 e. The van der Waals surface area contributed by atoms with E-state index in [2.05, 4.69) is 10.4 Å². The van der Waals surface area contributed by atoms with Gasteiger partial charge in [0.2, 0.25) is 0 Å². The van der Waals surface area contributed by atoms with Crippen molar-refractivity contribution in [3.8, 4) is 11.3 Å². The highest BCUT2D eigenvalue weighted by Crippen LogP contribution is 2.32. The van der Waals surface area contributed by atoms with Crippen LogP contribution in [0.15, 0.2) is 52.1 Å². The second-order valence-electron chi connectivity index (χ2n) is 8.13. The van der Waals surface area contributed by atoms with E-state index < -0.39 is 29.6 Å². The predicted octanol–water partition coefficient (Wildman–Crippen LogP) is 2.49. The summed E-state index contributed by atoms with van der Waals surface area (Å²) in [4.78, 5) is 26.8. The van der Waals surface area contributed by atoms with Crippen LogP contribution in [0.3, 0.4) is 0 Å². The monoisotopic (exact) mass is 591 g/mol. The molecule has 4 aromatic rings. The minimum atomic E-state index is -1.25. The first-order chi connectivity index (χ1) is 16.6. The summed E-state index contributed by atoms with van der Waals surface area (Å²) in [6, 6.07) is 11.3. The Hall–Kier alpha value is -3.29. The molecule has 0 spiro atoms. The lowest BCUT2D eigenvalue weighted by molar-refractivity contribution is 0.0772. The fourth-order valence-electron chi connectivity index (χ4n) is 3.90. The molecule has 2 aromatic carbocycles. The number of hydrogen-bond donors (Lipinski definition) is 4. The van der Waals surface area contributed by atoms with E-state index in [1.807, 2.05) is 22.6 Å². The highest BCUT2D eigenvalue weighted by molar-refractivity contribution is 14.1. The van der Waals surface area contributed by atoms with Crippen molar-refractivity contribution in [3.05, 3.63) is 78.1 Å². The summed E-state index contributed by atoms with van der Waals surface area (Å²) in [7, 11) is 1.52. The zero-order chi connectivity index (χ0) is 25.4. The Morgan fingerprint density at radius 3 is 2.60 bits per heavy atom.